The van der Waals surface area contributed by atoms with E-state index < -0.39 is 35.9 Å². The van der Waals surface area contributed by atoms with Gasteiger partial charge in [-0.2, -0.15) is 0 Å². The number of ether oxygens (including phenoxy) is 12. The third kappa shape index (κ3) is 29.2. The summed E-state index contributed by atoms with van der Waals surface area (Å²) in [5.74, 6) is 6.33. The van der Waals surface area contributed by atoms with Gasteiger partial charge in [-0.1, -0.05) is 23.2 Å². The van der Waals surface area contributed by atoms with Gasteiger partial charge in [-0.15, -0.1) is 0 Å². The summed E-state index contributed by atoms with van der Waals surface area (Å²) in [5, 5.41) is 39.2. The number of aliphatic hydroxyl groups excluding tert-OH is 3. The quantitative estimate of drug-likeness (QED) is 0.0176. The smallest absolute Gasteiger partial charge is 0.335 e. The molecule has 4 aliphatic rings. The molecule has 10 aromatic rings. The second kappa shape index (κ2) is 48.2. The number of aromatic carboxylic acids is 1. The Balaban J connectivity index is 0.000000173. The summed E-state index contributed by atoms with van der Waals surface area (Å²) in [6, 6.07) is 41.7. The molecule has 4 aliphatic carbocycles. The summed E-state index contributed by atoms with van der Waals surface area (Å²) < 4.78 is 93.3. The van der Waals surface area contributed by atoms with Crippen molar-refractivity contribution in [1.82, 2.24) is 19.9 Å². The first-order valence-electron chi connectivity index (χ1n) is 40.9. The average molecular weight is 1920 g/mol. The van der Waals surface area contributed by atoms with Gasteiger partial charge in [0.1, 0.15) is 55.5 Å². The SMILES string of the molecule is COc1cc(C(=O)CCC(=O)c2ccc(OC)c(-c3ccc(F)c(Cl)c3)n2)ccc1OCC1CC1.COc1cc(C(=O)CCC(O)c2ccc(OC)c(-c3ccc(F)c(Cl)c3)n2)ccc1OCC1CC1.COc1cc(C(=O)CCC(O)c2ccc(OC)c(Br)n2)ccc1OCC1CC1.COc1cc(C(=O)O)ccc1OCC1CC1.COc1ccc(C(O)CN)nc1Br. The molecule has 14 rings (SSSR count). The van der Waals surface area contributed by atoms with Gasteiger partial charge in [-0.25, -0.2) is 33.5 Å². The molecule has 0 radical (unpaired) electrons. The summed E-state index contributed by atoms with van der Waals surface area (Å²) in [7, 11) is 12.2. The molecule has 4 fully saturated rings. The first-order valence-corrected chi connectivity index (χ1v) is 43.3. The molecular weight excluding hydrogens is 1820 g/mol. The number of ketones is 4. The van der Waals surface area contributed by atoms with Crippen molar-refractivity contribution in [1.29, 1.82) is 0 Å². The van der Waals surface area contributed by atoms with Gasteiger partial charge >= 0.3 is 5.97 Å². The van der Waals surface area contributed by atoms with E-state index in [1.165, 1.54) is 134 Å². The molecule has 32 heteroatoms. The number of Topliss-reactive ketones (excluding diaryl/α,β-unsaturated/α-hetero) is 4. The van der Waals surface area contributed by atoms with Crippen molar-refractivity contribution in [2.45, 2.75) is 108 Å². The van der Waals surface area contributed by atoms with Crippen LogP contribution in [0.15, 0.2) is 167 Å². The van der Waals surface area contributed by atoms with E-state index in [4.69, 9.17) is 90.9 Å². The molecule has 0 saturated heterocycles. The van der Waals surface area contributed by atoms with Crippen molar-refractivity contribution in [3.05, 3.63) is 234 Å². The standard InChI is InChI=1S/C27H27ClFNO5.C27H25ClFNO5.C21H24BrNO5.C12H14O4.C8H11BrN2O2/c2*1-33-25-12-8-21(30-27(25)18-5-7-20(29)19(28)13-18)23(32)10-9-22(31)17-6-11-24(26(14-17)34-2)35-15-16-3-4-16;1-26-19-10-6-15(23-21(19)22)17(25)8-7-16(24)14-5-9-18(20(11-14)27-2)28-12-13-3-4-13;1-15-11-6-9(12(13)14)4-5-10(11)16-7-8-2-3-8;1-13-7-3-2-5(6(12)4-10)11-8(7)9/h5-8,11-14,16,23,32H,3-4,9-10,15H2,1-2H3;5-8,11-14,16H,3-4,9-10,15H2,1-2H3;5-6,9-11,13,17,25H,3-4,7-8,12H2,1-2H3;4-6,8H,2-3,7H2,1H3,(H,13,14);2-3,6,12H,4,10H2,1H3. The molecular formula is C95H101Br2Cl2F2N5O21. The lowest BCUT2D eigenvalue weighted by atomic mass is 10.0. The number of rotatable bonds is 40. The number of carboxylic acids is 1. The Hall–Kier alpha value is -11.1. The summed E-state index contributed by atoms with van der Waals surface area (Å²) >= 11 is 18.3. The van der Waals surface area contributed by atoms with Crippen LogP contribution in [-0.4, -0.2) is 159 Å². The van der Waals surface area contributed by atoms with E-state index in [1.807, 2.05) is 0 Å². The van der Waals surface area contributed by atoms with Crippen LogP contribution in [0.2, 0.25) is 10.0 Å². The minimum absolute atomic E-state index is 0.00961. The minimum Gasteiger partial charge on any atom is -0.494 e. The number of pyridine rings is 4. The van der Waals surface area contributed by atoms with Crippen LogP contribution in [0.3, 0.4) is 0 Å². The van der Waals surface area contributed by atoms with Crippen LogP contribution in [0, 0.1) is 35.3 Å². The van der Waals surface area contributed by atoms with Crippen LogP contribution < -0.4 is 62.6 Å². The van der Waals surface area contributed by atoms with Gasteiger partial charge in [0.25, 0.3) is 0 Å². The summed E-state index contributed by atoms with van der Waals surface area (Å²) in [6.45, 7) is 2.81. The van der Waals surface area contributed by atoms with Gasteiger partial charge in [0.05, 0.1) is 128 Å². The summed E-state index contributed by atoms with van der Waals surface area (Å²) in [6.07, 6.45) is 7.76. The largest absolute Gasteiger partial charge is 0.494 e. The third-order valence-corrected chi connectivity index (χ3v) is 22.3. The van der Waals surface area contributed by atoms with Gasteiger partial charge in [0, 0.05) is 60.0 Å². The Kier molecular flexibility index (Phi) is 37.2. The zero-order valence-electron chi connectivity index (χ0n) is 71.4. The van der Waals surface area contributed by atoms with Crippen LogP contribution in [0.25, 0.3) is 22.5 Å². The topological polar surface area (TPSA) is 355 Å². The third-order valence-electron chi connectivity index (χ3n) is 20.6. The molecule has 4 saturated carbocycles. The van der Waals surface area contributed by atoms with Gasteiger partial charge < -0.3 is 83.0 Å². The van der Waals surface area contributed by atoms with Gasteiger partial charge in [0.2, 0.25) is 0 Å². The van der Waals surface area contributed by atoms with Gasteiger partial charge in [0.15, 0.2) is 80.6 Å². The van der Waals surface area contributed by atoms with Crippen LogP contribution in [0.1, 0.15) is 177 Å². The highest BCUT2D eigenvalue weighted by Gasteiger charge is 2.29. The first kappa shape index (κ1) is 98.1. The van der Waals surface area contributed by atoms with Crippen molar-refractivity contribution >= 4 is 84.2 Å². The Morgan fingerprint density at radius 3 is 1.00 bits per heavy atom. The fourth-order valence-electron chi connectivity index (χ4n) is 12.3. The fourth-order valence-corrected chi connectivity index (χ4v) is 13.7. The molecule has 127 heavy (non-hydrogen) atoms. The van der Waals surface area contributed by atoms with Crippen molar-refractivity contribution < 1.29 is 110 Å². The maximum Gasteiger partial charge on any atom is 0.335 e. The molecule has 3 atom stereocenters. The molecule has 0 amide bonds. The molecule has 0 bridgehead atoms. The number of carbonyl (C=O) groups excluding carboxylic acids is 4. The van der Waals surface area contributed by atoms with Crippen molar-refractivity contribution in [2.75, 3.05) is 89.9 Å². The first-order chi connectivity index (χ1) is 61.2. The molecule has 674 valence electrons. The zero-order valence-corrected chi connectivity index (χ0v) is 76.0. The number of halogens is 6. The number of nitrogens with zero attached hydrogens (tertiary/aromatic N) is 4. The predicted molar refractivity (Wildman–Crippen MR) is 480 cm³/mol. The summed E-state index contributed by atoms with van der Waals surface area (Å²) in [5.41, 5.74) is 10.4. The lowest BCUT2D eigenvalue weighted by Crippen LogP contribution is -2.13. The number of aromatic nitrogens is 4. The van der Waals surface area contributed by atoms with Crippen LogP contribution >= 0.6 is 55.1 Å². The lowest BCUT2D eigenvalue weighted by Gasteiger charge is -2.15. The molecule has 26 nitrogen and oxygen atoms in total. The Labute approximate surface area is 761 Å². The fraction of sp³-hybridized carbons (Fsp3) is 0.358. The van der Waals surface area contributed by atoms with Crippen molar-refractivity contribution in [2.24, 2.45) is 29.4 Å². The number of methoxy groups -OCH3 is 8. The Bertz CT molecular complexity index is 5450. The normalized spacial score (nSPS) is 13.7. The maximum absolute atomic E-state index is 13.6. The molecule has 4 aromatic heterocycles. The lowest BCUT2D eigenvalue weighted by molar-refractivity contribution is 0.0695. The number of aliphatic hydroxyl groups is 3. The summed E-state index contributed by atoms with van der Waals surface area (Å²) in [4.78, 5) is 79.0. The van der Waals surface area contributed by atoms with E-state index in [0.29, 0.717) is 185 Å². The minimum atomic E-state index is -0.984. The molecule has 0 aliphatic heterocycles. The van der Waals surface area contributed by atoms with Crippen LogP contribution in [0.4, 0.5) is 8.78 Å². The Morgan fingerprint density at radius 1 is 0.370 bits per heavy atom. The molecule has 4 heterocycles. The van der Waals surface area contributed by atoms with Crippen molar-refractivity contribution in [3.63, 3.8) is 0 Å². The molecule has 0 spiro atoms. The maximum atomic E-state index is 13.6. The highest BCUT2D eigenvalue weighted by Crippen LogP contribution is 2.41. The van der Waals surface area contributed by atoms with E-state index in [0.717, 1.165) is 0 Å². The van der Waals surface area contributed by atoms with Crippen LogP contribution in [0.5, 0.6) is 69.0 Å². The van der Waals surface area contributed by atoms with Crippen LogP contribution in [-0.2, 0) is 0 Å². The van der Waals surface area contributed by atoms with E-state index in [9.17, 15) is 48.1 Å². The number of carboxylic acid groups (broad SMARTS) is 1. The molecule has 3 unspecified atom stereocenters. The van der Waals surface area contributed by atoms with Gasteiger partial charge in [-0.05, 0) is 277 Å². The predicted octanol–water partition coefficient (Wildman–Crippen LogP) is 19.6. The van der Waals surface area contributed by atoms with E-state index in [2.05, 4.69) is 51.8 Å². The number of hydrogen-bond acceptors (Lipinski definition) is 25. The highest BCUT2D eigenvalue weighted by molar-refractivity contribution is 9.10. The van der Waals surface area contributed by atoms with E-state index in [-0.39, 0.29) is 89.5 Å². The van der Waals surface area contributed by atoms with Crippen molar-refractivity contribution in [3.8, 4) is 91.5 Å². The second-order valence-electron chi connectivity index (χ2n) is 30.1. The number of benzene rings is 6. The number of nitrogens with two attached hydrogens (primary N) is 1. The number of carbonyl (C=O) groups is 5. The average Bonchev–Trinajstić information content (AvgIpc) is 1.81. The van der Waals surface area contributed by atoms with E-state index in [1.54, 1.807) is 132 Å². The van der Waals surface area contributed by atoms with Gasteiger partial charge in [-0.3, -0.25) is 19.2 Å². The second-order valence-corrected chi connectivity index (χ2v) is 32.4. The van der Waals surface area contributed by atoms with E-state index >= 15 is 0 Å². The monoisotopic (exact) mass is 1910 g/mol. The zero-order chi connectivity index (χ0) is 91.4. The molecule has 6 N–H and O–H groups in total. The number of hydrogen-bond donors (Lipinski definition) is 5. The molecule has 6 aromatic carbocycles. The Morgan fingerprint density at radius 2 is 0.669 bits per heavy atom. The highest BCUT2D eigenvalue weighted by atomic mass is 79.9.